The summed E-state index contributed by atoms with van der Waals surface area (Å²) in [6.07, 6.45) is 4.57. The monoisotopic (exact) mass is 144 g/mol. The summed E-state index contributed by atoms with van der Waals surface area (Å²) in [5.41, 5.74) is 1.81. The Morgan fingerprint density at radius 2 is 2.09 bits per heavy atom. The number of ketones is 1. The minimum Gasteiger partial charge on any atom is -0.294 e. The van der Waals surface area contributed by atoms with E-state index in [0.717, 1.165) is 17.5 Å². The maximum Gasteiger partial charge on any atom is 0.163 e. The van der Waals surface area contributed by atoms with Crippen LogP contribution in [0.2, 0.25) is 0 Å². The Morgan fingerprint density at radius 3 is 2.91 bits per heavy atom. The number of fused-ring (bicyclic) bond motifs is 1. The molecule has 1 aliphatic carbocycles. The highest BCUT2D eigenvalue weighted by Gasteiger charge is 2.15. The molecule has 0 unspecified atom stereocenters. The highest BCUT2D eigenvalue weighted by Crippen LogP contribution is 2.21. The van der Waals surface area contributed by atoms with E-state index in [0.29, 0.717) is 6.42 Å². The summed E-state index contributed by atoms with van der Waals surface area (Å²) in [5.74, 6) is 0.249. The van der Waals surface area contributed by atoms with Crippen molar-refractivity contribution in [3.05, 3.63) is 41.8 Å². The molecule has 0 atom stereocenters. The maximum absolute atomic E-state index is 11.2. The van der Waals surface area contributed by atoms with Gasteiger partial charge in [0.2, 0.25) is 0 Å². The van der Waals surface area contributed by atoms with E-state index in [1.54, 1.807) is 0 Å². The van der Waals surface area contributed by atoms with Crippen LogP contribution in [0.3, 0.4) is 0 Å². The van der Waals surface area contributed by atoms with Crippen molar-refractivity contribution < 1.29 is 4.79 Å². The predicted octanol–water partition coefficient (Wildman–Crippen LogP) is 2.09. The lowest BCUT2D eigenvalue weighted by Crippen LogP contribution is -2.08. The van der Waals surface area contributed by atoms with Crippen LogP contribution in [0.5, 0.6) is 0 Å². The summed E-state index contributed by atoms with van der Waals surface area (Å²) in [7, 11) is 0. The molecule has 0 aliphatic heterocycles. The van der Waals surface area contributed by atoms with Gasteiger partial charge in [0.15, 0.2) is 5.78 Å². The third-order valence-corrected chi connectivity index (χ3v) is 1.89. The van der Waals surface area contributed by atoms with Crippen molar-refractivity contribution in [1.29, 1.82) is 0 Å². The highest BCUT2D eigenvalue weighted by atomic mass is 16.1. The van der Waals surface area contributed by atoms with Gasteiger partial charge in [0.05, 0.1) is 0 Å². The van der Waals surface area contributed by atoms with E-state index in [-0.39, 0.29) is 5.78 Å². The molecule has 1 aromatic rings. The maximum atomic E-state index is 11.2. The third kappa shape index (κ3) is 1.07. The van der Waals surface area contributed by atoms with Crippen molar-refractivity contribution >= 4 is 5.78 Å². The molecule has 1 aromatic carbocycles. The number of carbonyl (C=O) groups is 1. The molecule has 0 aromatic heterocycles. The lowest BCUT2D eigenvalue weighted by atomic mass is 9.91. The summed E-state index contributed by atoms with van der Waals surface area (Å²) in [6.45, 7) is 0. The van der Waals surface area contributed by atoms with Crippen LogP contribution in [0.1, 0.15) is 28.8 Å². The Kier molecular flexibility index (Phi) is 1.50. The van der Waals surface area contributed by atoms with Gasteiger partial charge in [-0.3, -0.25) is 4.79 Å². The van der Waals surface area contributed by atoms with Gasteiger partial charge in [0.25, 0.3) is 0 Å². The molecule has 0 saturated carbocycles. The van der Waals surface area contributed by atoms with Gasteiger partial charge in [-0.1, -0.05) is 24.3 Å². The Balaban J connectivity index is 2.52. The zero-order valence-corrected chi connectivity index (χ0v) is 6.13. The Morgan fingerprint density at radius 1 is 1.27 bits per heavy atom. The average molecular weight is 144 g/mol. The number of rotatable bonds is 0. The second kappa shape index (κ2) is 2.50. The second-order valence-corrected chi connectivity index (χ2v) is 2.65. The first-order chi connectivity index (χ1) is 5.38. The largest absolute Gasteiger partial charge is 0.294 e. The fourth-order valence-electron chi connectivity index (χ4n) is 1.33. The molecule has 1 aliphatic rings. The number of carbonyl (C=O) groups excluding carboxylic acids is 1. The van der Waals surface area contributed by atoms with Crippen LogP contribution in [0.25, 0.3) is 0 Å². The van der Waals surface area contributed by atoms with Crippen LogP contribution in [0.15, 0.2) is 24.3 Å². The lowest BCUT2D eigenvalue weighted by Gasteiger charge is -2.12. The number of Topliss-reactive ketones (excluding diaryl/α,β-unsaturated/α-hetero) is 1. The Bertz CT molecular complexity index is 289. The summed E-state index contributed by atoms with van der Waals surface area (Å²) in [4.78, 5) is 11.2. The molecule has 2 rings (SSSR count). The van der Waals surface area contributed by atoms with E-state index < -0.39 is 0 Å². The SMILES string of the molecule is O=C1CC[C]c2ccccc21. The Hall–Kier alpha value is -1.11. The molecule has 0 spiro atoms. The topological polar surface area (TPSA) is 17.1 Å². The van der Waals surface area contributed by atoms with Crippen LogP contribution < -0.4 is 0 Å². The number of hydrogen-bond donors (Lipinski definition) is 0. The van der Waals surface area contributed by atoms with Crippen LogP contribution in [-0.4, -0.2) is 5.78 Å². The molecule has 0 saturated heterocycles. The van der Waals surface area contributed by atoms with Gasteiger partial charge < -0.3 is 0 Å². The fraction of sp³-hybridized carbons (Fsp3) is 0.200. The molecule has 54 valence electrons. The third-order valence-electron chi connectivity index (χ3n) is 1.89. The van der Waals surface area contributed by atoms with Gasteiger partial charge in [-0.05, 0) is 12.0 Å². The van der Waals surface area contributed by atoms with Crippen LogP contribution in [-0.2, 0) is 0 Å². The van der Waals surface area contributed by atoms with E-state index in [1.807, 2.05) is 24.3 Å². The molecule has 0 bridgehead atoms. The van der Waals surface area contributed by atoms with Crippen molar-refractivity contribution in [3.8, 4) is 0 Å². The summed E-state index contributed by atoms with van der Waals surface area (Å²) in [6, 6.07) is 7.63. The van der Waals surface area contributed by atoms with Gasteiger partial charge >= 0.3 is 0 Å². The molecule has 0 amide bonds. The lowest BCUT2D eigenvalue weighted by molar-refractivity contribution is 0.0978. The van der Waals surface area contributed by atoms with Crippen molar-refractivity contribution in [2.75, 3.05) is 0 Å². The van der Waals surface area contributed by atoms with Gasteiger partial charge in [0.1, 0.15) is 0 Å². The van der Waals surface area contributed by atoms with Crippen LogP contribution in [0, 0.1) is 6.42 Å². The smallest absolute Gasteiger partial charge is 0.163 e. The number of benzene rings is 1. The van der Waals surface area contributed by atoms with E-state index in [1.165, 1.54) is 0 Å². The van der Waals surface area contributed by atoms with Crippen LogP contribution in [0.4, 0.5) is 0 Å². The zero-order chi connectivity index (χ0) is 7.68. The minimum atomic E-state index is 0.249. The molecule has 2 radical (unpaired) electrons. The molecule has 11 heavy (non-hydrogen) atoms. The quantitative estimate of drug-likeness (QED) is 0.545. The van der Waals surface area contributed by atoms with Gasteiger partial charge in [-0.2, -0.15) is 0 Å². The normalized spacial score (nSPS) is 16.2. The standard InChI is InChI=1S/C10H8O/c11-10-7-3-5-8-4-1-2-6-9(8)10/h1-2,4,6H,3,7H2. The second-order valence-electron chi connectivity index (χ2n) is 2.65. The number of hydrogen-bond acceptors (Lipinski definition) is 1. The van der Waals surface area contributed by atoms with E-state index >= 15 is 0 Å². The van der Waals surface area contributed by atoms with E-state index in [4.69, 9.17) is 0 Å². The predicted molar refractivity (Wildman–Crippen MR) is 42.4 cm³/mol. The van der Waals surface area contributed by atoms with Crippen molar-refractivity contribution in [2.24, 2.45) is 0 Å². The Labute approximate surface area is 66.0 Å². The molecular weight excluding hydrogens is 136 g/mol. The fourth-order valence-corrected chi connectivity index (χ4v) is 1.33. The van der Waals surface area contributed by atoms with Gasteiger partial charge in [-0.15, -0.1) is 0 Å². The summed E-state index contributed by atoms with van der Waals surface area (Å²) >= 11 is 0. The molecule has 0 heterocycles. The molecule has 1 heteroatoms. The summed E-state index contributed by atoms with van der Waals surface area (Å²) < 4.78 is 0. The van der Waals surface area contributed by atoms with Gasteiger partial charge in [0, 0.05) is 18.4 Å². The van der Waals surface area contributed by atoms with Crippen molar-refractivity contribution in [1.82, 2.24) is 0 Å². The van der Waals surface area contributed by atoms with Gasteiger partial charge in [-0.25, -0.2) is 0 Å². The van der Waals surface area contributed by atoms with Crippen molar-refractivity contribution in [3.63, 3.8) is 0 Å². The molecular formula is C10H8O. The van der Waals surface area contributed by atoms with Crippen LogP contribution >= 0.6 is 0 Å². The highest BCUT2D eigenvalue weighted by molar-refractivity contribution is 5.99. The molecule has 0 N–H and O–H groups in total. The first-order valence-electron chi connectivity index (χ1n) is 3.74. The first kappa shape index (κ1) is 6.59. The first-order valence-corrected chi connectivity index (χ1v) is 3.74. The molecule has 1 nitrogen and oxygen atoms in total. The summed E-state index contributed by atoms with van der Waals surface area (Å²) in [5, 5.41) is 0. The van der Waals surface area contributed by atoms with Crippen molar-refractivity contribution in [2.45, 2.75) is 12.8 Å². The molecule has 0 fully saturated rings. The minimum absolute atomic E-state index is 0.249. The zero-order valence-electron chi connectivity index (χ0n) is 6.13. The van der Waals surface area contributed by atoms with E-state index in [9.17, 15) is 4.79 Å². The van der Waals surface area contributed by atoms with E-state index in [2.05, 4.69) is 6.42 Å². The average Bonchev–Trinajstić information content (AvgIpc) is 2.06.